The van der Waals surface area contributed by atoms with Gasteiger partial charge in [-0.3, -0.25) is 9.59 Å². The van der Waals surface area contributed by atoms with Crippen molar-refractivity contribution < 1.29 is 9.59 Å². The fourth-order valence-corrected chi connectivity index (χ4v) is 2.25. The molecule has 3 N–H and O–H groups in total. The van der Waals surface area contributed by atoms with E-state index in [4.69, 9.17) is 5.73 Å². The summed E-state index contributed by atoms with van der Waals surface area (Å²) >= 11 is 0. The molecule has 0 aromatic carbocycles. The van der Waals surface area contributed by atoms with Crippen molar-refractivity contribution in [2.45, 2.75) is 38.9 Å². The first-order chi connectivity index (χ1) is 9.58. The smallest absolute Gasteiger partial charge is 0.242 e. The van der Waals surface area contributed by atoms with E-state index < -0.39 is 0 Å². The number of hydrogen-bond donors (Lipinski definition) is 2. The normalized spacial score (nSPS) is 16.5. The Kier molecular flexibility index (Phi) is 4.67. The van der Waals surface area contributed by atoms with E-state index in [2.05, 4.69) is 15.6 Å². The molecular weight excluding hydrogens is 260 g/mol. The van der Waals surface area contributed by atoms with Gasteiger partial charge in [0, 0.05) is 32.1 Å². The third kappa shape index (κ3) is 3.77. The van der Waals surface area contributed by atoms with Crippen molar-refractivity contribution in [3.8, 4) is 0 Å². The van der Waals surface area contributed by atoms with Crippen molar-refractivity contribution in [2.75, 3.05) is 13.1 Å². The number of rotatable bonds is 6. The van der Waals surface area contributed by atoms with Crippen LogP contribution in [0.3, 0.4) is 0 Å². The summed E-state index contributed by atoms with van der Waals surface area (Å²) < 4.78 is 1.45. The predicted molar refractivity (Wildman–Crippen MR) is 71.3 cm³/mol. The van der Waals surface area contributed by atoms with Gasteiger partial charge in [0.15, 0.2) is 0 Å². The Bertz CT molecular complexity index is 486. The van der Waals surface area contributed by atoms with Crippen LogP contribution in [0.15, 0.2) is 6.20 Å². The number of nitrogens with one attached hydrogen (secondary N) is 1. The van der Waals surface area contributed by atoms with Gasteiger partial charge in [0.1, 0.15) is 6.54 Å². The maximum Gasteiger partial charge on any atom is 0.242 e. The third-order valence-electron chi connectivity index (χ3n) is 3.17. The lowest BCUT2D eigenvalue weighted by Gasteiger charge is -2.21. The van der Waals surface area contributed by atoms with Crippen molar-refractivity contribution in [1.82, 2.24) is 25.2 Å². The molecule has 2 heterocycles. The number of aromatic nitrogens is 3. The van der Waals surface area contributed by atoms with Crippen molar-refractivity contribution in [2.24, 2.45) is 5.73 Å². The zero-order chi connectivity index (χ0) is 14.5. The minimum absolute atomic E-state index is 0.0814. The summed E-state index contributed by atoms with van der Waals surface area (Å²) in [6.07, 6.45) is 3.16. The molecule has 20 heavy (non-hydrogen) atoms. The molecule has 0 aliphatic carbocycles. The maximum absolute atomic E-state index is 11.8. The van der Waals surface area contributed by atoms with E-state index in [0.29, 0.717) is 25.2 Å². The highest BCUT2D eigenvalue weighted by Gasteiger charge is 2.22. The molecular formula is C12H20N6O2. The monoisotopic (exact) mass is 280 g/mol. The number of amides is 2. The Hall–Kier alpha value is -1.96. The van der Waals surface area contributed by atoms with Crippen LogP contribution in [0.4, 0.5) is 0 Å². The van der Waals surface area contributed by atoms with E-state index in [1.165, 1.54) is 4.68 Å². The summed E-state index contributed by atoms with van der Waals surface area (Å²) in [5.74, 6) is 0.00702. The maximum atomic E-state index is 11.8. The zero-order valence-corrected chi connectivity index (χ0v) is 11.6. The molecule has 2 amide bonds. The molecule has 1 aromatic rings. The molecule has 0 bridgehead atoms. The molecule has 1 fully saturated rings. The Labute approximate surface area is 117 Å². The SMILES string of the molecule is CC(CN1CCCC1=O)NC(=O)Cn1cc(CN)nn1. The summed E-state index contributed by atoms with van der Waals surface area (Å²) in [5.41, 5.74) is 6.07. The fraction of sp³-hybridized carbons (Fsp3) is 0.667. The van der Waals surface area contributed by atoms with Gasteiger partial charge in [0.2, 0.25) is 11.8 Å². The molecule has 1 aliphatic heterocycles. The summed E-state index contributed by atoms with van der Waals surface area (Å²) in [5, 5.41) is 10.5. The first kappa shape index (κ1) is 14.4. The second-order valence-electron chi connectivity index (χ2n) is 5.02. The van der Waals surface area contributed by atoms with Gasteiger partial charge >= 0.3 is 0 Å². The van der Waals surface area contributed by atoms with Crippen LogP contribution >= 0.6 is 0 Å². The van der Waals surface area contributed by atoms with Crippen LogP contribution in [-0.4, -0.2) is 50.8 Å². The number of likely N-dealkylation sites (tertiary alicyclic amines) is 1. The van der Waals surface area contributed by atoms with Crippen LogP contribution in [0, 0.1) is 0 Å². The van der Waals surface area contributed by atoms with E-state index in [1.54, 1.807) is 11.1 Å². The molecule has 2 rings (SSSR count). The summed E-state index contributed by atoms with van der Waals surface area (Å²) in [6.45, 7) is 3.62. The van der Waals surface area contributed by atoms with Crippen LogP contribution in [0.2, 0.25) is 0 Å². The van der Waals surface area contributed by atoms with Gasteiger partial charge in [-0.1, -0.05) is 5.21 Å². The number of carbonyl (C=O) groups is 2. The fourth-order valence-electron chi connectivity index (χ4n) is 2.25. The average molecular weight is 280 g/mol. The third-order valence-corrected chi connectivity index (χ3v) is 3.17. The highest BCUT2D eigenvalue weighted by molar-refractivity contribution is 5.78. The minimum atomic E-state index is -0.155. The Balaban J connectivity index is 1.77. The molecule has 1 saturated heterocycles. The summed E-state index contributed by atoms with van der Waals surface area (Å²) in [7, 11) is 0. The first-order valence-electron chi connectivity index (χ1n) is 6.74. The molecule has 8 heteroatoms. The van der Waals surface area contributed by atoms with Gasteiger partial charge in [0.05, 0.1) is 11.9 Å². The van der Waals surface area contributed by atoms with Crippen molar-refractivity contribution in [3.63, 3.8) is 0 Å². The van der Waals surface area contributed by atoms with Gasteiger partial charge in [-0.05, 0) is 13.3 Å². The predicted octanol–water partition coefficient (Wildman–Crippen LogP) is -1.14. The quantitative estimate of drug-likeness (QED) is 0.685. The molecule has 1 aliphatic rings. The van der Waals surface area contributed by atoms with E-state index in [0.717, 1.165) is 13.0 Å². The lowest BCUT2D eigenvalue weighted by Crippen LogP contribution is -2.43. The summed E-state index contributed by atoms with van der Waals surface area (Å²) in [6, 6.07) is -0.0814. The Morgan fingerprint density at radius 1 is 1.60 bits per heavy atom. The molecule has 8 nitrogen and oxygen atoms in total. The molecule has 0 radical (unpaired) electrons. The van der Waals surface area contributed by atoms with Crippen molar-refractivity contribution in [1.29, 1.82) is 0 Å². The van der Waals surface area contributed by atoms with Gasteiger partial charge in [-0.15, -0.1) is 5.10 Å². The molecule has 110 valence electrons. The Morgan fingerprint density at radius 2 is 2.40 bits per heavy atom. The van der Waals surface area contributed by atoms with E-state index >= 15 is 0 Å². The second kappa shape index (κ2) is 6.47. The summed E-state index contributed by atoms with van der Waals surface area (Å²) in [4.78, 5) is 25.1. The number of carbonyl (C=O) groups excluding carboxylic acids is 2. The van der Waals surface area contributed by atoms with Gasteiger partial charge in [-0.2, -0.15) is 0 Å². The topological polar surface area (TPSA) is 106 Å². The van der Waals surface area contributed by atoms with Gasteiger partial charge in [-0.25, -0.2) is 4.68 Å². The van der Waals surface area contributed by atoms with Crippen molar-refractivity contribution >= 4 is 11.8 Å². The minimum Gasteiger partial charge on any atom is -0.350 e. The highest BCUT2D eigenvalue weighted by Crippen LogP contribution is 2.09. The lowest BCUT2D eigenvalue weighted by molar-refractivity contribution is -0.129. The molecule has 0 spiro atoms. The number of hydrogen-bond acceptors (Lipinski definition) is 5. The number of nitrogens with zero attached hydrogens (tertiary/aromatic N) is 4. The van der Waals surface area contributed by atoms with Crippen LogP contribution in [-0.2, 0) is 22.7 Å². The van der Waals surface area contributed by atoms with E-state index in [-0.39, 0.29) is 24.4 Å². The largest absolute Gasteiger partial charge is 0.350 e. The molecule has 1 aromatic heterocycles. The zero-order valence-electron chi connectivity index (χ0n) is 11.6. The van der Waals surface area contributed by atoms with Crippen LogP contribution in [0.25, 0.3) is 0 Å². The standard InChI is InChI=1S/C12H20N6O2/c1-9(6-17-4-2-3-12(17)20)14-11(19)8-18-7-10(5-13)15-16-18/h7,9H,2-6,8,13H2,1H3,(H,14,19). The second-order valence-corrected chi connectivity index (χ2v) is 5.02. The Morgan fingerprint density at radius 3 is 3.00 bits per heavy atom. The van der Waals surface area contributed by atoms with E-state index in [9.17, 15) is 9.59 Å². The average Bonchev–Trinajstić information content (AvgIpc) is 2.99. The first-order valence-corrected chi connectivity index (χ1v) is 6.74. The molecule has 1 atom stereocenters. The van der Waals surface area contributed by atoms with Crippen LogP contribution in [0.1, 0.15) is 25.5 Å². The molecule has 1 unspecified atom stereocenters. The van der Waals surface area contributed by atoms with Crippen molar-refractivity contribution in [3.05, 3.63) is 11.9 Å². The molecule has 0 saturated carbocycles. The van der Waals surface area contributed by atoms with E-state index in [1.807, 2.05) is 6.92 Å². The lowest BCUT2D eigenvalue weighted by atomic mass is 10.3. The van der Waals surface area contributed by atoms with Crippen LogP contribution < -0.4 is 11.1 Å². The van der Waals surface area contributed by atoms with Gasteiger partial charge < -0.3 is 16.0 Å². The van der Waals surface area contributed by atoms with Crippen LogP contribution in [0.5, 0.6) is 0 Å². The number of nitrogens with two attached hydrogens (primary N) is 1. The highest BCUT2D eigenvalue weighted by atomic mass is 16.2. The van der Waals surface area contributed by atoms with Gasteiger partial charge in [0.25, 0.3) is 0 Å².